The molecule has 2 aromatic rings. The summed E-state index contributed by atoms with van der Waals surface area (Å²) in [6, 6.07) is 7.39. The van der Waals surface area contributed by atoms with Crippen LogP contribution < -0.4 is 0 Å². The summed E-state index contributed by atoms with van der Waals surface area (Å²) in [4.78, 5) is 16.7. The van der Waals surface area contributed by atoms with E-state index in [1.54, 1.807) is 22.9 Å². The monoisotopic (exact) mass is 309 g/mol. The zero-order valence-corrected chi connectivity index (χ0v) is 12.7. The Morgan fingerprint density at radius 2 is 2.30 bits per heavy atom. The SMILES string of the molecule is Cc1ncsc1CCC(Cc1cccc(Cl)c1)C(=O)O. The molecule has 5 heteroatoms. The molecule has 20 heavy (non-hydrogen) atoms. The lowest BCUT2D eigenvalue weighted by Crippen LogP contribution is -2.17. The predicted molar refractivity (Wildman–Crippen MR) is 81.5 cm³/mol. The molecule has 1 heterocycles. The number of benzene rings is 1. The van der Waals surface area contributed by atoms with Gasteiger partial charge in [-0.2, -0.15) is 0 Å². The van der Waals surface area contributed by atoms with E-state index in [1.165, 1.54) is 4.88 Å². The molecule has 1 N–H and O–H groups in total. The van der Waals surface area contributed by atoms with Crippen LogP contribution in [0, 0.1) is 12.8 Å². The lowest BCUT2D eigenvalue weighted by molar-refractivity contribution is -0.141. The smallest absolute Gasteiger partial charge is 0.306 e. The zero-order chi connectivity index (χ0) is 14.5. The topological polar surface area (TPSA) is 50.2 Å². The number of rotatable bonds is 6. The fourth-order valence-electron chi connectivity index (χ4n) is 2.13. The first-order valence-electron chi connectivity index (χ1n) is 6.42. The van der Waals surface area contributed by atoms with Crippen molar-refractivity contribution in [2.24, 2.45) is 5.92 Å². The molecule has 1 aromatic heterocycles. The van der Waals surface area contributed by atoms with Crippen LogP contribution >= 0.6 is 22.9 Å². The van der Waals surface area contributed by atoms with Gasteiger partial charge in [0.2, 0.25) is 0 Å². The van der Waals surface area contributed by atoms with Crippen molar-refractivity contribution < 1.29 is 9.90 Å². The Bertz CT molecular complexity index is 597. The summed E-state index contributed by atoms with van der Waals surface area (Å²) in [5.74, 6) is -1.15. The maximum absolute atomic E-state index is 11.4. The molecule has 1 aromatic carbocycles. The summed E-state index contributed by atoms with van der Waals surface area (Å²) >= 11 is 7.52. The average molecular weight is 310 g/mol. The maximum atomic E-state index is 11.4. The van der Waals surface area contributed by atoms with Crippen LogP contribution in [0.3, 0.4) is 0 Å². The van der Waals surface area contributed by atoms with Gasteiger partial charge in [-0.05, 0) is 43.9 Å². The van der Waals surface area contributed by atoms with Gasteiger partial charge in [0.15, 0.2) is 0 Å². The third-order valence-corrected chi connectivity index (χ3v) is 4.52. The van der Waals surface area contributed by atoms with Crippen LogP contribution in [-0.4, -0.2) is 16.1 Å². The van der Waals surface area contributed by atoms with E-state index in [2.05, 4.69) is 4.98 Å². The molecule has 3 nitrogen and oxygen atoms in total. The summed E-state index contributed by atoms with van der Waals surface area (Å²) in [6.07, 6.45) is 1.88. The Morgan fingerprint density at radius 1 is 1.50 bits per heavy atom. The highest BCUT2D eigenvalue weighted by Crippen LogP contribution is 2.21. The van der Waals surface area contributed by atoms with Crippen LogP contribution in [0.2, 0.25) is 5.02 Å². The van der Waals surface area contributed by atoms with Crippen LogP contribution in [0.5, 0.6) is 0 Å². The van der Waals surface area contributed by atoms with E-state index in [0.717, 1.165) is 17.7 Å². The van der Waals surface area contributed by atoms with Crippen LogP contribution in [0.25, 0.3) is 0 Å². The van der Waals surface area contributed by atoms with Crippen molar-refractivity contribution in [2.75, 3.05) is 0 Å². The highest BCUT2D eigenvalue weighted by Gasteiger charge is 2.19. The molecule has 0 aliphatic carbocycles. The fraction of sp³-hybridized carbons (Fsp3) is 0.333. The van der Waals surface area contributed by atoms with Gasteiger partial charge in [0.25, 0.3) is 0 Å². The summed E-state index contributed by atoms with van der Waals surface area (Å²) < 4.78 is 0. The number of aliphatic carboxylic acids is 1. The van der Waals surface area contributed by atoms with E-state index < -0.39 is 11.9 Å². The minimum atomic E-state index is -0.757. The molecular formula is C15H16ClNO2S. The second-order valence-corrected chi connectivity index (χ2v) is 6.14. The zero-order valence-electron chi connectivity index (χ0n) is 11.2. The summed E-state index contributed by atoms with van der Waals surface area (Å²) in [5, 5.41) is 10.0. The molecule has 1 unspecified atom stereocenters. The molecule has 1 atom stereocenters. The number of hydrogen-bond acceptors (Lipinski definition) is 3. The first kappa shape index (κ1) is 15.0. The first-order chi connectivity index (χ1) is 9.56. The molecular weight excluding hydrogens is 294 g/mol. The van der Waals surface area contributed by atoms with Gasteiger partial charge >= 0.3 is 5.97 Å². The van der Waals surface area contributed by atoms with Gasteiger partial charge in [0, 0.05) is 9.90 Å². The Balaban J connectivity index is 2.01. The number of halogens is 1. The Labute approximate surface area is 127 Å². The van der Waals surface area contributed by atoms with E-state index in [1.807, 2.05) is 25.1 Å². The lowest BCUT2D eigenvalue weighted by Gasteiger charge is -2.12. The number of carboxylic acids is 1. The molecule has 0 radical (unpaired) electrons. The minimum absolute atomic E-state index is 0.394. The van der Waals surface area contributed by atoms with Crippen molar-refractivity contribution in [3.63, 3.8) is 0 Å². The van der Waals surface area contributed by atoms with E-state index in [0.29, 0.717) is 17.9 Å². The van der Waals surface area contributed by atoms with Crippen LogP contribution in [0.4, 0.5) is 0 Å². The summed E-state index contributed by atoms with van der Waals surface area (Å²) in [7, 11) is 0. The van der Waals surface area contributed by atoms with E-state index >= 15 is 0 Å². The maximum Gasteiger partial charge on any atom is 0.306 e. The second kappa shape index (κ2) is 6.86. The molecule has 0 saturated heterocycles. The number of aromatic nitrogens is 1. The van der Waals surface area contributed by atoms with Gasteiger partial charge in [-0.15, -0.1) is 11.3 Å². The molecule has 0 fully saturated rings. The number of aryl methyl sites for hydroxylation is 2. The minimum Gasteiger partial charge on any atom is -0.481 e. The van der Waals surface area contributed by atoms with Gasteiger partial charge in [-0.1, -0.05) is 23.7 Å². The number of carboxylic acid groups (broad SMARTS) is 1. The van der Waals surface area contributed by atoms with Crippen molar-refractivity contribution in [2.45, 2.75) is 26.2 Å². The summed E-state index contributed by atoms with van der Waals surface area (Å²) in [5.41, 5.74) is 3.77. The van der Waals surface area contributed by atoms with Gasteiger partial charge in [0.1, 0.15) is 0 Å². The largest absolute Gasteiger partial charge is 0.481 e. The molecule has 106 valence electrons. The number of carbonyl (C=O) groups is 1. The Hall–Kier alpha value is -1.39. The van der Waals surface area contributed by atoms with Crippen molar-refractivity contribution in [1.29, 1.82) is 0 Å². The molecule has 0 aliphatic rings. The third-order valence-electron chi connectivity index (χ3n) is 3.29. The number of nitrogens with zero attached hydrogens (tertiary/aromatic N) is 1. The van der Waals surface area contributed by atoms with E-state index in [-0.39, 0.29) is 0 Å². The highest BCUT2D eigenvalue weighted by atomic mass is 35.5. The second-order valence-electron chi connectivity index (χ2n) is 4.77. The van der Waals surface area contributed by atoms with Crippen LogP contribution in [0.15, 0.2) is 29.8 Å². The van der Waals surface area contributed by atoms with Crippen LogP contribution in [-0.2, 0) is 17.6 Å². The normalized spacial score (nSPS) is 12.3. The highest BCUT2D eigenvalue weighted by molar-refractivity contribution is 7.09. The van der Waals surface area contributed by atoms with Crippen LogP contribution in [0.1, 0.15) is 22.6 Å². The van der Waals surface area contributed by atoms with Crippen molar-refractivity contribution in [3.8, 4) is 0 Å². The standard InChI is InChI=1S/C15H16ClNO2S/c1-10-14(20-9-17-10)6-5-12(15(18)19)7-11-3-2-4-13(16)8-11/h2-4,8-9,12H,5-7H2,1H3,(H,18,19). The summed E-state index contributed by atoms with van der Waals surface area (Å²) in [6.45, 7) is 1.96. The Morgan fingerprint density at radius 3 is 2.90 bits per heavy atom. The fourth-order valence-corrected chi connectivity index (χ4v) is 3.14. The molecule has 0 saturated carbocycles. The van der Waals surface area contributed by atoms with E-state index in [4.69, 9.17) is 11.6 Å². The molecule has 0 spiro atoms. The van der Waals surface area contributed by atoms with Crippen molar-refractivity contribution in [3.05, 3.63) is 50.9 Å². The lowest BCUT2D eigenvalue weighted by atomic mass is 9.94. The van der Waals surface area contributed by atoms with E-state index in [9.17, 15) is 9.90 Å². The van der Waals surface area contributed by atoms with Gasteiger partial charge in [-0.3, -0.25) is 4.79 Å². The van der Waals surface area contributed by atoms with Gasteiger partial charge in [0.05, 0.1) is 17.1 Å². The van der Waals surface area contributed by atoms with Crippen molar-refractivity contribution in [1.82, 2.24) is 4.98 Å². The molecule has 0 aliphatic heterocycles. The molecule has 2 rings (SSSR count). The van der Waals surface area contributed by atoms with Gasteiger partial charge < -0.3 is 5.11 Å². The number of hydrogen-bond donors (Lipinski definition) is 1. The predicted octanol–water partition coefficient (Wildman–Crippen LogP) is 3.98. The quantitative estimate of drug-likeness (QED) is 0.878. The molecule has 0 bridgehead atoms. The van der Waals surface area contributed by atoms with Crippen molar-refractivity contribution >= 4 is 28.9 Å². The third kappa shape index (κ3) is 4.05. The Kier molecular flexibility index (Phi) is 5.15. The molecule has 0 amide bonds. The number of thiazole rings is 1. The first-order valence-corrected chi connectivity index (χ1v) is 7.68. The van der Waals surface area contributed by atoms with Gasteiger partial charge in [-0.25, -0.2) is 4.98 Å². The average Bonchev–Trinajstić information content (AvgIpc) is 2.80.